The lowest BCUT2D eigenvalue weighted by atomic mass is 9.51. The molecule has 1 N–H and O–H groups in total. The van der Waals surface area contributed by atoms with Crippen LogP contribution in [-0.2, 0) is 19.1 Å². The van der Waals surface area contributed by atoms with Crippen molar-refractivity contribution >= 4 is 29.8 Å². The molecule has 0 radical (unpaired) electrons. The van der Waals surface area contributed by atoms with E-state index < -0.39 is 23.4 Å². The molecule has 0 aromatic rings. The lowest BCUT2D eigenvalue weighted by Crippen LogP contribution is -2.65. The fraction of sp³-hybridized carbons (Fsp3) is 0.773. The summed E-state index contributed by atoms with van der Waals surface area (Å²) in [4.78, 5) is 66.2. The largest absolute Gasteiger partial charge is 0.381 e. The number of barbiturate groups is 1. The minimum Gasteiger partial charge on any atom is -0.381 e. The number of imide groups is 3. The number of ether oxygens (including phenoxy) is 1. The van der Waals surface area contributed by atoms with E-state index in [1.807, 2.05) is 4.90 Å². The fourth-order valence-corrected chi connectivity index (χ4v) is 6.61. The van der Waals surface area contributed by atoms with Crippen LogP contribution in [0.3, 0.4) is 0 Å². The summed E-state index contributed by atoms with van der Waals surface area (Å²) in [6.45, 7) is 1.99. The van der Waals surface area contributed by atoms with Gasteiger partial charge in [0.25, 0.3) is 5.91 Å². The summed E-state index contributed by atoms with van der Waals surface area (Å²) in [7, 11) is 1.57. The zero-order valence-electron chi connectivity index (χ0n) is 18.4. The Morgan fingerprint density at radius 2 is 1.66 bits per heavy atom. The second-order valence-corrected chi connectivity index (χ2v) is 10.2. The van der Waals surface area contributed by atoms with Crippen molar-refractivity contribution in [3.63, 3.8) is 0 Å². The highest BCUT2D eigenvalue weighted by Gasteiger charge is 2.68. The number of nitrogens with one attached hydrogen (secondary N) is 1. The summed E-state index contributed by atoms with van der Waals surface area (Å²) >= 11 is 0. The summed E-state index contributed by atoms with van der Waals surface area (Å²) in [6.07, 6.45) is 5.69. The molecule has 5 rings (SSSR count). The van der Waals surface area contributed by atoms with E-state index in [9.17, 15) is 24.0 Å². The SMILES string of the molecule is CN1C(=O)N(CC2CCOCC2)C2(CC3(CCC(N4C(=O)CC(=O)NC4=O)CC3)C2)C1=O. The van der Waals surface area contributed by atoms with Crippen LogP contribution in [-0.4, -0.2) is 82.9 Å². The van der Waals surface area contributed by atoms with Crippen molar-refractivity contribution in [3.8, 4) is 0 Å². The van der Waals surface area contributed by atoms with Gasteiger partial charge < -0.3 is 9.64 Å². The molecule has 2 aliphatic carbocycles. The molecule has 3 saturated heterocycles. The molecule has 32 heavy (non-hydrogen) atoms. The Balaban J connectivity index is 1.26. The number of rotatable bonds is 3. The maximum atomic E-state index is 13.1. The topological polar surface area (TPSA) is 116 Å². The maximum Gasteiger partial charge on any atom is 0.331 e. The van der Waals surface area contributed by atoms with Gasteiger partial charge in [0.15, 0.2) is 0 Å². The van der Waals surface area contributed by atoms with E-state index in [2.05, 4.69) is 5.32 Å². The van der Waals surface area contributed by atoms with E-state index in [1.165, 1.54) is 9.80 Å². The second kappa shape index (κ2) is 7.54. The Morgan fingerprint density at radius 1 is 1.00 bits per heavy atom. The van der Waals surface area contributed by atoms with Gasteiger partial charge in [-0.05, 0) is 62.7 Å². The summed E-state index contributed by atoms with van der Waals surface area (Å²) in [5.74, 6) is -0.748. The predicted octanol–water partition coefficient (Wildman–Crippen LogP) is 1.24. The van der Waals surface area contributed by atoms with Crippen molar-refractivity contribution in [2.24, 2.45) is 11.3 Å². The number of hydrogen-bond donors (Lipinski definition) is 1. The first-order valence-electron chi connectivity index (χ1n) is 11.6. The zero-order chi connectivity index (χ0) is 22.7. The summed E-state index contributed by atoms with van der Waals surface area (Å²) in [5, 5.41) is 2.23. The third kappa shape index (κ3) is 3.22. The number of carbonyl (C=O) groups is 5. The lowest BCUT2D eigenvalue weighted by molar-refractivity contribution is -0.151. The summed E-state index contributed by atoms with van der Waals surface area (Å²) < 4.78 is 5.44. The van der Waals surface area contributed by atoms with E-state index >= 15 is 0 Å². The van der Waals surface area contributed by atoms with Crippen molar-refractivity contribution in [2.45, 2.75) is 69.4 Å². The van der Waals surface area contributed by atoms with Crippen molar-refractivity contribution in [3.05, 3.63) is 0 Å². The fourth-order valence-electron chi connectivity index (χ4n) is 6.61. The molecule has 2 spiro atoms. The maximum absolute atomic E-state index is 13.1. The third-order valence-electron chi connectivity index (χ3n) is 8.28. The van der Waals surface area contributed by atoms with Gasteiger partial charge in [0.1, 0.15) is 12.0 Å². The van der Waals surface area contributed by atoms with Gasteiger partial charge in [-0.3, -0.25) is 29.5 Å². The normalized spacial score (nSPS) is 36.3. The molecule has 2 saturated carbocycles. The summed E-state index contributed by atoms with van der Waals surface area (Å²) in [6, 6.07) is -1.05. The molecule has 7 amide bonds. The number of carbonyl (C=O) groups excluding carboxylic acids is 5. The van der Waals surface area contributed by atoms with Gasteiger partial charge in [0.2, 0.25) is 11.8 Å². The number of likely N-dealkylation sites (N-methyl/N-ethyl adjacent to an activating group) is 1. The molecule has 0 aromatic heterocycles. The highest BCUT2D eigenvalue weighted by atomic mass is 16.5. The smallest absolute Gasteiger partial charge is 0.331 e. The van der Waals surface area contributed by atoms with Crippen LogP contribution in [0.1, 0.15) is 57.8 Å². The molecule has 3 heterocycles. The number of amides is 7. The van der Waals surface area contributed by atoms with Crippen molar-refractivity contribution in [1.82, 2.24) is 20.0 Å². The Hall–Kier alpha value is -2.49. The standard InChI is InChI=1S/C22H30N4O6/c1-24-18(29)22(25(20(24)31)11-14-4-8-32-9-5-14)12-21(13-22)6-2-15(3-7-21)26-17(28)10-16(27)23-19(26)30/h14-15H,2-13H2,1H3,(H,23,27,30). The first-order chi connectivity index (χ1) is 15.2. The second-order valence-electron chi connectivity index (χ2n) is 10.2. The van der Waals surface area contributed by atoms with Crippen molar-refractivity contribution in [2.75, 3.05) is 26.8 Å². The van der Waals surface area contributed by atoms with Crippen LogP contribution in [0, 0.1) is 11.3 Å². The van der Waals surface area contributed by atoms with Crippen LogP contribution in [0.5, 0.6) is 0 Å². The lowest BCUT2D eigenvalue weighted by Gasteiger charge is -2.59. The minimum atomic E-state index is -0.748. The number of urea groups is 2. The first-order valence-corrected chi connectivity index (χ1v) is 11.6. The first kappa shape index (κ1) is 21.4. The van der Waals surface area contributed by atoms with Gasteiger partial charge in [-0.2, -0.15) is 0 Å². The van der Waals surface area contributed by atoms with E-state index in [0.717, 1.165) is 25.7 Å². The molecule has 0 atom stereocenters. The van der Waals surface area contributed by atoms with Crippen LogP contribution in [0.2, 0.25) is 0 Å². The van der Waals surface area contributed by atoms with Crippen molar-refractivity contribution in [1.29, 1.82) is 0 Å². The summed E-state index contributed by atoms with van der Waals surface area (Å²) in [5.41, 5.74) is -0.793. The van der Waals surface area contributed by atoms with Crippen LogP contribution in [0.25, 0.3) is 0 Å². The monoisotopic (exact) mass is 446 g/mol. The molecule has 0 aromatic carbocycles. The molecule has 5 fully saturated rings. The predicted molar refractivity (Wildman–Crippen MR) is 110 cm³/mol. The molecule has 0 bridgehead atoms. The minimum absolute atomic E-state index is 0.0450. The van der Waals surface area contributed by atoms with Gasteiger partial charge in [-0.1, -0.05) is 0 Å². The van der Waals surface area contributed by atoms with E-state index in [-0.39, 0.29) is 29.8 Å². The molecule has 3 aliphatic heterocycles. The molecule has 0 unspecified atom stereocenters. The van der Waals surface area contributed by atoms with E-state index in [0.29, 0.717) is 51.4 Å². The highest BCUT2D eigenvalue weighted by molar-refractivity contribution is 6.14. The zero-order valence-corrected chi connectivity index (χ0v) is 18.4. The van der Waals surface area contributed by atoms with E-state index in [1.54, 1.807) is 7.05 Å². The Kier molecular flexibility index (Phi) is 5.03. The Morgan fingerprint density at radius 3 is 2.28 bits per heavy atom. The highest BCUT2D eigenvalue weighted by Crippen LogP contribution is 2.61. The average Bonchev–Trinajstić information content (AvgIpc) is 2.91. The molecule has 10 nitrogen and oxygen atoms in total. The van der Waals surface area contributed by atoms with Gasteiger partial charge in [-0.15, -0.1) is 0 Å². The van der Waals surface area contributed by atoms with Crippen LogP contribution >= 0.6 is 0 Å². The molecular weight excluding hydrogens is 416 g/mol. The average molecular weight is 447 g/mol. The van der Waals surface area contributed by atoms with Crippen molar-refractivity contribution < 1.29 is 28.7 Å². The molecule has 5 aliphatic rings. The van der Waals surface area contributed by atoms with Crippen LogP contribution < -0.4 is 5.32 Å². The van der Waals surface area contributed by atoms with Gasteiger partial charge in [0.05, 0.1) is 0 Å². The van der Waals surface area contributed by atoms with Crippen LogP contribution in [0.4, 0.5) is 9.59 Å². The van der Waals surface area contributed by atoms with E-state index in [4.69, 9.17) is 4.74 Å². The van der Waals surface area contributed by atoms with Gasteiger partial charge in [-0.25, -0.2) is 9.59 Å². The quantitative estimate of drug-likeness (QED) is 0.515. The Bertz CT molecular complexity index is 846. The molecular formula is C22H30N4O6. The number of nitrogens with zero attached hydrogens (tertiary/aromatic N) is 3. The van der Waals surface area contributed by atoms with Crippen LogP contribution in [0.15, 0.2) is 0 Å². The third-order valence-corrected chi connectivity index (χ3v) is 8.28. The molecule has 174 valence electrons. The van der Waals surface area contributed by atoms with Gasteiger partial charge >= 0.3 is 12.1 Å². The van der Waals surface area contributed by atoms with Gasteiger partial charge in [0, 0.05) is 32.8 Å². The number of hydrogen-bond acceptors (Lipinski definition) is 6. The Labute approximate surface area is 186 Å². The molecule has 10 heteroatoms.